The van der Waals surface area contributed by atoms with Gasteiger partial charge in [0.1, 0.15) is 11.6 Å². The Balaban J connectivity index is 1.28. The number of nitrogens with one attached hydrogen (secondary N) is 1. The maximum absolute atomic E-state index is 14.1. The molecule has 1 N–H and O–H groups in total. The molecule has 9 nitrogen and oxygen atoms in total. The maximum atomic E-state index is 14.1. The summed E-state index contributed by atoms with van der Waals surface area (Å²) in [5.74, 6) is -0.774. The lowest BCUT2D eigenvalue weighted by atomic mass is 9.94. The molecule has 6 rings (SSSR count). The number of nitrogens with zero attached hydrogens (tertiary/aromatic N) is 4. The van der Waals surface area contributed by atoms with Crippen molar-refractivity contribution in [3.8, 4) is 6.07 Å². The summed E-state index contributed by atoms with van der Waals surface area (Å²) in [7, 11) is -1.94. The first-order chi connectivity index (χ1) is 20.0. The van der Waals surface area contributed by atoms with Crippen molar-refractivity contribution in [3.63, 3.8) is 0 Å². The number of amides is 2. The van der Waals surface area contributed by atoms with Gasteiger partial charge in [-0.3, -0.25) is 9.59 Å². The minimum absolute atomic E-state index is 0.00461. The van der Waals surface area contributed by atoms with Gasteiger partial charge < -0.3 is 20.0 Å². The molecule has 12 heteroatoms. The fourth-order valence-electron chi connectivity index (χ4n) is 6.16. The van der Waals surface area contributed by atoms with E-state index in [1.165, 1.54) is 11.0 Å². The Bertz CT molecular complexity index is 1560. The zero-order valence-corrected chi connectivity index (χ0v) is 25.7. The van der Waals surface area contributed by atoms with Crippen molar-refractivity contribution in [3.05, 3.63) is 58.1 Å². The molecule has 2 saturated heterocycles. The van der Waals surface area contributed by atoms with Gasteiger partial charge in [0.15, 0.2) is 9.84 Å². The van der Waals surface area contributed by atoms with E-state index in [-0.39, 0.29) is 28.8 Å². The summed E-state index contributed by atoms with van der Waals surface area (Å²) in [6.07, 6.45) is 2.17. The molecule has 2 heterocycles. The van der Waals surface area contributed by atoms with Crippen LogP contribution in [-0.2, 0) is 24.8 Å². The van der Waals surface area contributed by atoms with Crippen molar-refractivity contribution in [2.24, 2.45) is 0 Å². The number of benzene rings is 2. The molecule has 2 aromatic carbocycles. The number of sulfone groups is 1. The highest BCUT2D eigenvalue weighted by molar-refractivity contribution is 7.92. The average molecular weight is 631 g/mol. The minimum atomic E-state index is -4.00. The zero-order valence-electron chi connectivity index (χ0n) is 23.4. The molecule has 2 atom stereocenters. The van der Waals surface area contributed by atoms with Crippen molar-refractivity contribution in [2.45, 2.75) is 59.2 Å². The summed E-state index contributed by atoms with van der Waals surface area (Å²) in [6.45, 7) is 3.30. The first kappa shape index (κ1) is 29.2. The predicted octanol–water partition coefficient (Wildman–Crippen LogP) is 3.39. The number of hydrogen-bond acceptors (Lipinski definition) is 7. The number of likely N-dealkylation sites (N-methyl/N-ethyl adjacent to an activating group) is 1. The topological polar surface area (TPSA) is 114 Å². The number of carbonyl (C=O) groups is 2. The highest BCUT2D eigenvalue weighted by Crippen LogP contribution is 2.51. The van der Waals surface area contributed by atoms with Gasteiger partial charge in [0.2, 0.25) is 11.8 Å². The Kier molecular flexibility index (Phi) is 7.45. The number of nitriles is 1. The molecular formula is C30H33Cl2N5O4S. The van der Waals surface area contributed by atoms with E-state index in [9.17, 15) is 23.3 Å². The van der Waals surface area contributed by atoms with Crippen molar-refractivity contribution in [2.75, 3.05) is 44.7 Å². The number of anilines is 1. The van der Waals surface area contributed by atoms with Gasteiger partial charge in [-0.05, 0) is 75.0 Å². The molecule has 2 saturated carbocycles. The smallest absolute Gasteiger partial charge is 0.244 e. The third kappa shape index (κ3) is 5.25. The third-order valence-corrected chi connectivity index (χ3v) is 12.1. The van der Waals surface area contributed by atoms with Crippen LogP contribution in [0.5, 0.6) is 0 Å². The summed E-state index contributed by atoms with van der Waals surface area (Å²) < 4.78 is 28.0. The van der Waals surface area contributed by atoms with E-state index < -0.39 is 38.0 Å². The maximum Gasteiger partial charge on any atom is 0.244 e. The second-order valence-electron chi connectivity index (χ2n) is 12.1. The monoisotopic (exact) mass is 629 g/mol. The van der Waals surface area contributed by atoms with Crippen LogP contribution in [0.2, 0.25) is 10.0 Å². The zero-order chi connectivity index (χ0) is 29.9. The van der Waals surface area contributed by atoms with Crippen LogP contribution in [0.3, 0.4) is 0 Å². The molecule has 2 aliphatic heterocycles. The minimum Gasteiger partial charge on any atom is -0.369 e. The van der Waals surface area contributed by atoms with Gasteiger partial charge in [-0.15, -0.1) is 0 Å². The van der Waals surface area contributed by atoms with Crippen LogP contribution in [0.4, 0.5) is 5.69 Å². The number of piperazine rings is 1. The summed E-state index contributed by atoms with van der Waals surface area (Å²) in [5.41, 5.74) is -0.118. The van der Waals surface area contributed by atoms with Crippen LogP contribution >= 0.6 is 23.2 Å². The number of hydrogen-bond donors (Lipinski definition) is 1. The van der Waals surface area contributed by atoms with E-state index in [4.69, 9.17) is 23.2 Å². The van der Waals surface area contributed by atoms with Gasteiger partial charge in [-0.1, -0.05) is 35.3 Å². The molecule has 222 valence electrons. The largest absolute Gasteiger partial charge is 0.369 e. The van der Waals surface area contributed by atoms with Crippen molar-refractivity contribution >= 4 is 50.5 Å². The van der Waals surface area contributed by atoms with Crippen molar-refractivity contribution < 1.29 is 18.0 Å². The number of carbonyl (C=O) groups excluding carboxylic acids is 2. The van der Waals surface area contributed by atoms with Gasteiger partial charge in [-0.25, -0.2) is 8.42 Å². The first-order valence-electron chi connectivity index (χ1n) is 14.3. The van der Waals surface area contributed by atoms with E-state index in [1.807, 2.05) is 12.1 Å². The van der Waals surface area contributed by atoms with Gasteiger partial charge in [0.05, 0.1) is 26.7 Å². The SMILES string of the molecule is CN1CCN(c2ccc(S(=O)(=O)[C@@H]3C[C@@H](C(=O)NC4(C#N)CC4)N(C(=O)C4(c5ccc(Cl)cc5)CC4)C3)c(Cl)c2)CC1. The molecular weight excluding hydrogens is 597 g/mol. The van der Waals surface area contributed by atoms with E-state index in [1.54, 1.807) is 24.3 Å². The van der Waals surface area contributed by atoms with Crippen LogP contribution in [0.1, 0.15) is 37.7 Å². The van der Waals surface area contributed by atoms with E-state index in [2.05, 4.69) is 28.2 Å². The first-order valence-corrected chi connectivity index (χ1v) is 16.6. The van der Waals surface area contributed by atoms with Gasteiger partial charge in [0, 0.05) is 43.4 Å². The Morgan fingerprint density at radius 3 is 2.24 bits per heavy atom. The molecule has 2 aromatic rings. The third-order valence-electron chi connectivity index (χ3n) is 9.24. The summed E-state index contributed by atoms with van der Waals surface area (Å²) in [5, 5.41) is 12.0. The standard InChI is InChI=1S/C30H33Cl2N5O4S/c1-35-12-14-36(15-13-35)22-6-7-26(24(32)16-22)42(40,41)23-17-25(27(38)34-29(19-33)8-9-29)37(18-23)28(39)30(10-11-30)20-2-4-21(31)5-3-20/h2-7,16,23,25H,8-15,17-18H2,1H3,(H,34,38)/t23-,25+/m1/s1. The van der Waals surface area contributed by atoms with E-state index in [0.29, 0.717) is 30.7 Å². The number of rotatable bonds is 7. The summed E-state index contributed by atoms with van der Waals surface area (Å²) in [6, 6.07) is 13.2. The second kappa shape index (κ2) is 10.7. The van der Waals surface area contributed by atoms with Crippen LogP contribution in [0.25, 0.3) is 0 Å². The molecule has 0 spiro atoms. The van der Waals surface area contributed by atoms with E-state index >= 15 is 0 Å². The van der Waals surface area contributed by atoms with Gasteiger partial charge >= 0.3 is 0 Å². The highest BCUT2D eigenvalue weighted by atomic mass is 35.5. The lowest BCUT2D eigenvalue weighted by Gasteiger charge is -2.34. The van der Waals surface area contributed by atoms with Crippen molar-refractivity contribution in [1.82, 2.24) is 15.1 Å². The Morgan fingerprint density at radius 1 is 1.00 bits per heavy atom. The van der Waals surface area contributed by atoms with Crippen LogP contribution in [0, 0.1) is 11.3 Å². The summed E-state index contributed by atoms with van der Waals surface area (Å²) in [4.78, 5) is 33.5. The quantitative estimate of drug-likeness (QED) is 0.499. The Morgan fingerprint density at radius 2 is 1.67 bits per heavy atom. The molecule has 0 radical (unpaired) electrons. The molecule has 0 bridgehead atoms. The van der Waals surface area contributed by atoms with Crippen LogP contribution < -0.4 is 10.2 Å². The van der Waals surface area contributed by atoms with Gasteiger partial charge in [0.25, 0.3) is 0 Å². The number of halogens is 2. The average Bonchev–Trinajstić information content (AvgIpc) is 3.89. The second-order valence-corrected chi connectivity index (χ2v) is 15.1. The molecule has 0 aromatic heterocycles. The summed E-state index contributed by atoms with van der Waals surface area (Å²) >= 11 is 12.7. The predicted molar refractivity (Wildman–Crippen MR) is 160 cm³/mol. The fourth-order valence-corrected chi connectivity index (χ4v) is 8.52. The van der Waals surface area contributed by atoms with Gasteiger partial charge in [-0.2, -0.15) is 5.26 Å². The molecule has 4 fully saturated rings. The van der Waals surface area contributed by atoms with Crippen LogP contribution in [-0.4, -0.2) is 86.6 Å². The molecule has 0 unspecified atom stereocenters. The Hall–Kier alpha value is -2.84. The van der Waals surface area contributed by atoms with Crippen molar-refractivity contribution in [1.29, 1.82) is 5.26 Å². The Labute approximate surface area is 256 Å². The lowest BCUT2D eigenvalue weighted by molar-refractivity contribution is -0.140. The van der Waals surface area contributed by atoms with E-state index in [0.717, 1.165) is 37.4 Å². The molecule has 4 aliphatic rings. The molecule has 2 aliphatic carbocycles. The lowest BCUT2D eigenvalue weighted by Crippen LogP contribution is -2.51. The fraction of sp³-hybridized carbons (Fsp3) is 0.500. The molecule has 2 amide bonds. The van der Waals surface area contributed by atoms with Crippen LogP contribution in [0.15, 0.2) is 47.4 Å². The number of likely N-dealkylation sites (tertiary alicyclic amines) is 1. The highest BCUT2D eigenvalue weighted by Gasteiger charge is 2.58. The normalized spacial score (nSPS) is 24.6. The molecule has 42 heavy (non-hydrogen) atoms.